The highest BCUT2D eigenvalue weighted by Gasteiger charge is 2.58. The van der Waals surface area contributed by atoms with Gasteiger partial charge < -0.3 is 59.8 Å². The Morgan fingerprint density at radius 1 is 0.931 bits per heavy atom. The molecule has 0 aromatic heterocycles. The summed E-state index contributed by atoms with van der Waals surface area (Å²) in [5.74, 6) is -2.22. The van der Waals surface area contributed by atoms with Gasteiger partial charge in [-0.3, -0.25) is 0 Å². The molecule has 0 aliphatic carbocycles. The molecular formula is C17H32O12. The van der Waals surface area contributed by atoms with Gasteiger partial charge in [0.25, 0.3) is 0 Å². The molecule has 0 saturated carbocycles. The maximum absolute atomic E-state index is 10.00. The van der Waals surface area contributed by atoms with Crippen LogP contribution < -0.4 is 0 Å². The van der Waals surface area contributed by atoms with E-state index in [1.165, 1.54) is 0 Å². The first-order valence-electron chi connectivity index (χ1n) is 9.11. The van der Waals surface area contributed by atoms with E-state index in [1.54, 1.807) is 6.08 Å². The maximum atomic E-state index is 10.00. The molecule has 0 aromatic carbocycles. The van der Waals surface area contributed by atoms with E-state index >= 15 is 0 Å². The molecule has 3 heterocycles. The van der Waals surface area contributed by atoms with E-state index in [9.17, 15) is 30.6 Å². The minimum Gasteiger partial charge on any atom is -0.394 e. The highest BCUT2D eigenvalue weighted by atomic mass is 16.8. The molecule has 0 aromatic rings. The molecule has 12 nitrogen and oxygen atoms in total. The quantitative estimate of drug-likeness (QED) is 0.155. The molecule has 3 aliphatic rings. The molecule has 0 radical (unpaired) electrons. The molecule has 3 saturated heterocycles. The van der Waals surface area contributed by atoms with Crippen molar-refractivity contribution in [1.29, 1.82) is 0 Å². The fourth-order valence-electron chi connectivity index (χ4n) is 2.63. The molecule has 0 unspecified atom stereocenters. The van der Waals surface area contributed by atoms with Crippen LogP contribution in [0.25, 0.3) is 0 Å². The molecule has 8 N–H and O–H groups in total. The molecule has 0 bridgehead atoms. The van der Waals surface area contributed by atoms with E-state index in [0.29, 0.717) is 0 Å². The van der Waals surface area contributed by atoms with Crippen LogP contribution in [0.2, 0.25) is 0 Å². The van der Waals surface area contributed by atoms with Crippen LogP contribution in [-0.4, -0.2) is 129 Å². The van der Waals surface area contributed by atoms with E-state index in [2.05, 4.69) is 11.3 Å². The molecular weight excluding hydrogens is 396 g/mol. The number of rotatable bonds is 5. The second-order valence-electron chi connectivity index (χ2n) is 6.58. The van der Waals surface area contributed by atoms with Gasteiger partial charge in [-0.25, -0.2) is 0 Å². The number of hydrogen-bond acceptors (Lipinski definition) is 12. The summed E-state index contributed by atoms with van der Waals surface area (Å²) < 4.78 is 19.9. The highest BCUT2D eigenvalue weighted by Crippen LogP contribution is 2.35. The van der Waals surface area contributed by atoms with E-state index in [-0.39, 0.29) is 0 Å². The first kappa shape index (κ1) is 26.3. The van der Waals surface area contributed by atoms with Gasteiger partial charge in [0.15, 0.2) is 6.29 Å². The molecule has 12 heteroatoms. The Hall–Kier alpha value is -0.740. The first-order chi connectivity index (χ1) is 13.7. The number of aliphatic hydroxyl groups is 8. The average molecular weight is 428 g/mol. The summed E-state index contributed by atoms with van der Waals surface area (Å²) in [4.78, 5) is 0. The number of aliphatic hydroxyl groups excluding tert-OH is 8. The summed E-state index contributed by atoms with van der Waals surface area (Å²) in [6, 6.07) is 0. The van der Waals surface area contributed by atoms with E-state index < -0.39 is 74.6 Å². The van der Waals surface area contributed by atoms with Crippen LogP contribution in [0.1, 0.15) is 6.92 Å². The number of ether oxygens (including phenoxy) is 4. The van der Waals surface area contributed by atoms with Crippen molar-refractivity contribution in [1.82, 2.24) is 0 Å². The Labute approximate surface area is 168 Å². The molecule has 3 aliphatic heterocycles. The van der Waals surface area contributed by atoms with Crippen LogP contribution in [-0.2, 0) is 18.9 Å². The lowest BCUT2D eigenvalue weighted by Gasteiger charge is -2.43. The molecule has 3 fully saturated rings. The van der Waals surface area contributed by atoms with Gasteiger partial charge in [-0.05, 0) is 6.92 Å². The third-order valence-corrected chi connectivity index (χ3v) is 4.27. The zero-order chi connectivity index (χ0) is 22.2. The average Bonchev–Trinajstić information content (AvgIpc) is 3.58. The lowest BCUT2D eigenvalue weighted by Crippen LogP contribution is -2.62. The predicted molar refractivity (Wildman–Crippen MR) is 95.3 cm³/mol. The fraction of sp³-hybridized carbons (Fsp3) is 0.882. The first-order valence-corrected chi connectivity index (χ1v) is 9.11. The van der Waals surface area contributed by atoms with Crippen molar-refractivity contribution in [2.75, 3.05) is 33.0 Å². The van der Waals surface area contributed by atoms with Gasteiger partial charge in [-0.1, -0.05) is 6.08 Å². The van der Waals surface area contributed by atoms with Gasteiger partial charge in [0.1, 0.15) is 49.3 Å². The molecule has 29 heavy (non-hydrogen) atoms. The van der Waals surface area contributed by atoms with Gasteiger partial charge in [0, 0.05) is 0 Å². The van der Waals surface area contributed by atoms with Crippen molar-refractivity contribution in [3.8, 4) is 0 Å². The Morgan fingerprint density at radius 3 is 1.83 bits per heavy atom. The van der Waals surface area contributed by atoms with E-state index in [1.807, 2.05) is 6.92 Å². The maximum Gasteiger partial charge on any atom is 0.224 e. The molecule has 3 rings (SSSR count). The second-order valence-corrected chi connectivity index (χ2v) is 6.58. The van der Waals surface area contributed by atoms with Gasteiger partial charge in [-0.2, -0.15) is 0 Å². The third-order valence-electron chi connectivity index (χ3n) is 4.27. The summed E-state index contributed by atoms with van der Waals surface area (Å²) >= 11 is 0. The van der Waals surface area contributed by atoms with Gasteiger partial charge >= 0.3 is 0 Å². The van der Waals surface area contributed by atoms with Crippen LogP contribution in [0.15, 0.2) is 12.7 Å². The van der Waals surface area contributed by atoms with Crippen molar-refractivity contribution in [2.24, 2.45) is 0 Å². The molecule has 9 atom stereocenters. The normalized spacial score (nSPS) is 43.5. The van der Waals surface area contributed by atoms with Crippen LogP contribution in [0, 0.1) is 0 Å². The minimum absolute atomic E-state index is 0.669. The van der Waals surface area contributed by atoms with Gasteiger partial charge in [0.2, 0.25) is 5.79 Å². The standard InChI is InChI=1S/C12H22O11.C3H6.C2H4O/c13-1-4-6(16)8(18)9(19)11(21-4)23-12(3-15)10(20)7(17)5(2-14)22-12;1-3-2;1-2-3-1/h4-11,13-20H,1-3H2;3H,1H2,2H3;1-2H2/t4-,5-,6-,7-,8+,9-,10+,11-,12+;;/m1../s1. The summed E-state index contributed by atoms with van der Waals surface area (Å²) in [7, 11) is 0. The molecule has 0 amide bonds. The molecule has 172 valence electrons. The van der Waals surface area contributed by atoms with Crippen LogP contribution in [0.4, 0.5) is 0 Å². The molecule has 0 spiro atoms. The summed E-state index contributed by atoms with van der Waals surface area (Å²) in [5, 5.41) is 76.7. The Morgan fingerprint density at radius 2 is 1.45 bits per heavy atom. The number of allylic oxidation sites excluding steroid dienone is 1. The summed E-state index contributed by atoms with van der Waals surface area (Å²) in [6.45, 7) is 4.93. The van der Waals surface area contributed by atoms with Crippen molar-refractivity contribution in [2.45, 2.75) is 61.7 Å². The van der Waals surface area contributed by atoms with Crippen molar-refractivity contribution >= 4 is 0 Å². The minimum atomic E-state index is -2.22. The predicted octanol–water partition coefficient (Wildman–Crippen LogP) is -4.19. The van der Waals surface area contributed by atoms with Crippen LogP contribution in [0.5, 0.6) is 0 Å². The van der Waals surface area contributed by atoms with Crippen molar-refractivity contribution in [3.63, 3.8) is 0 Å². The SMILES string of the molecule is C1CO1.C=CC.OC[C@H]1O[C@@](CO)(O[C@H]2O[C@H](CO)[C@@H](O)[C@H](O)[C@H]2O)[C@@H](O)[C@@H]1O. The largest absolute Gasteiger partial charge is 0.394 e. The smallest absolute Gasteiger partial charge is 0.224 e. The van der Waals surface area contributed by atoms with E-state index in [0.717, 1.165) is 13.2 Å². The second kappa shape index (κ2) is 12.2. The third kappa shape index (κ3) is 6.62. The lowest BCUT2D eigenvalue weighted by molar-refractivity contribution is -0.383. The fourth-order valence-corrected chi connectivity index (χ4v) is 2.63. The lowest BCUT2D eigenvalue weighted by atomic mass is 9.99. The zero-order valence-electron chi connectivity index (χ0n) is 16.1. The summed E-state index contributed by atoms with van der Waals surface area (Å²) in [5.41, 5.74) is 0. The van der Waals surface area contributed by atoms with Crippen molar-refractivity contribution < 1.29 is 59.8 Å². The van der Waals surface area contributed by atoms with Gasteiger partial charge in [-0.15, -0.1) is 6.58 Å². The number of epoxide rings is 1. The van der Waals surface area contributed by atoms with Crippen LogP contribution >= 0.6 is 0 Å². The Kier molecular flexibility index (Phi) is 11.1. The van der Waals surface area contributed by atoms with Crippen LogP contribution in [0.3, 0.4) is 0 Å². The zero-order valence-corrected chi connectivity index (χ0v) is 16.1. The topological polar surface area (TPSA) is 202 Å². The van der Waals surface area contributed by atoms with Gasteiger partial charge in [0.05, 0.1) is 26.4 Å². The number of hydrogen-bond donors (Lipinski definition) is 8. The Balaban J connectivity index is 0.000000608. The monoisotopic (exact) mass is 428 g/mol. The van der Waals surface area contributed by atoms with E-state index in [4.69, 9.17) is 24.4 Å². The Bertz CT molecular complexity index is 473. The highest BCUT2D eigenvalue weighted by molar-refractivity contribution is 4.98. The summed E-state index contributed by atoms with van der Waals surface area (Å²) in [6.07, 6.45) is -10.9. The van der Waals surface area contributed by atoms with Crippen molar-refractivity contribution in [3.05, 3.63) is 12.7 Å².